The quantitative estimate of drug-likeness (QED) is 0.210. The first-order chi connectivity index (χ1) is 16.2. The molecule has 0 bridgehead atoms. The van der Waals surface area contributed by atoms with Gasteiger partial charge in [0.2, 0.25) is 11.0 Å². The molecule has 0 fully saturated rings. The van der Waals surface area contributed by atoms with Crippen molar-refractivity contribution >= 4 is 28.7 Å². The Kier molecular flexibility index (Phi) is 7.39. The van der Waals surface area contributed by atoms with Crippen LogP contribution in [-0.2, 0) is 22.6 Å². The van der Waals surface area contributed by atoms with Gasteiger partial charge in [-0.05, 0) is 30.7 Å². The third kappa shape index (κ3) is 6.47. The molecule has 2 heterocycles. The molecule has 4 aromatic rings. The van der Waals surface area contributed by atoms with Crippen LogP contribution in [0.5, 0.6) is 5.75 Å². The largest absolute Gasteiger partial charge is 0.484 e. The van der Waals surface area contributed by atoms with E-state index >= 15 is 0 Å². The van der Waals surface area contributed by atoms with Gasteiger partial charge in [0.05, 0.1) is 24.9 Å². The number of nitrogens with zero attached hydrogens (tertiary/aromatic N) is 4. The predicted octanol–water partition coefficient (Wildman–Crippen LogP) is 4.32. The number of hydrogen-bond acceptors (Lipinski definition) is 10. The Labute approximate surface area is 194 Å². The zero-order valence-corrected chi connectivity index (χ0v) is 18.6. The van der Waals surface area contributed by atoms with E-state index in [0.717, 1.165) is 16.9 Å². The topological polar surface area (TPSA) is 112 Å². The molecule has 0 saturated carbocycles. The molecular formula is C23H21N5O4S. The normalized spacial score (nSPS) is 10.9. The Morgan fingerprint density at radius 2 is 2.06 bits per heavy atom. The second-order valence-corrected chi connectivity index (χ2v) is 7.59. The van der Waals surface area contributed by atoms with Gasteiger partial charge in [-0.25, -0.2) is 4.98 Å². The van der Waals surface area contributed by atoms with Crippen molar-refractivity contribution in [2.75, 3.05) is 12.0 Å². The lowest BCUT2D eigenvalue weighted by atomic mass is 10.1. The zero-order chi connectivity index (χ0) is 22.9. The van der Waals surface area contributed by atoms with Crippen molar-refractivity contribution in [1.82, 2.24) is 15.1 Å². The number of esters is 1. The summed E-state index contributed by atoms with van der Waals surface area (Å²) >= 11 is 1.36. The van der Waals surface area contributed by atoms with E-state index in [2.05, 4.69) is 25.7 Å². The van der Waals surface area contributed by atoms with Gasteiger partial charge >= 0.3 is 5.97 Å². The van der Waals surface area contributed by atoms with Crippen molar-refractivity contribution in [2.24, 2.45) is 5.10 Å². The number of nitrogens with one attached hydrogen (secondary N) is 1. The molecule has 2 aromatic heterocycles. The Morgan fingerprint density at radius 3 is 2.91 bits per heavy atom. The molecule has 4 rings (SSSR count). The highest BCUT2D eigenvalue weighted by Gasteiger charge is 2.10. The lowest BCUT2D eigenvalue weighted by molar-refractivity contribution is -0.142. The molecular weight excluding hydrogens is 442 g/mol. The van der Waals surface area contributed by atoms with Crippen LogP contribution in [-0.4, -0.2) is 33.9 Å². The van der Waals surface area contributed by atoms with Crippen LogP contribution in [0.1, 0.15) is 24.1 Å². The predicted molar refractivity (Wildman–Crippen MR) is 124 cm³/mol. The van der Waals surface area contributed by atoms with Crippen LogP contribution in [0.15, 0.2) is 69.6 Å². The minimum atomic E-state index is -0.300. The molecule has 33 heavy (non-hydrogen) atoms. The summed E-state index contributed by atoms with van der Waals surface area (Å²) in [7, 11) is 0. The smallest absolute Gasteiger partial charge is 0.311 e. The average molecular weight is 464 g/mol. The highest BCUT2D eigenvalue weighted by atomic mass is 32.1. The minimum absolute atomic E-state index is 0.140. The molecule has 168 valence electrons. The Hall–Kier alpha value is -4.05. The number of benzene rings is 2. The van der Waals surface area contributed by atoms with Gasteiger partial charge in [0.1, 0.15) is 5.75 Å². The summed E-state index contributed by atoms with van der Waals surface area (Å²) < 4.78 is 15.9. The van der Waals surface area contributed by atoms with E-state index in [1.54, 1.807) is 18.5 Å². The van der Waals surface area contributed by atoms with E-state index in [-0.39, 0.29) is 19.0 Å². The van der Waals surface area contributed by atoms with Crippen LogP contribution in [0.2, 0.25) is 0 Å². The van der Waals surface area contributed by atoms with Crippen LogP contribution < -0.4 is 10.2 Å². The maximum absolute atomic E-state index is 11.5. The molecule has 0 amide bonds. The fourth-order valence-corrected chi connectivity index (χ4v) is 3.47. The van der Waals surface area contributed by atoms with Crippen LogP contribution in [0.4, 0.5) is 5.13 Å². The molecule has 0 spiro atoms. The van der Waals surface area contributed by atoms with Crippen molar-refractivity contribution in [3.63, 3.8) is 0 Å². The van der Waals surface area contributed by atoms with Crippen LogP contribution in [0.3, 0.4) is 0 Å². The molecule has 1 N–H and O–H groups in total. The standard InChI is InChI=1S/C23H21N5O4S/c1-2-30-21(29)12-18-15-33-23(25-18)27-24-13-16-7-6-8-17(11-16)22-26-20(32-28-22)14-31-19-9-4-3-5-10-19/h3-11,13,15H,2,12,14H2,1H3,(H,25,27). The molecule has 0 saturated heterocycles. The Balaban J connectivity index is 1.33. The minimum Gasteiger partial charge on any atom is -0.484 e. The molecule has 0 aliphatic carbocycles. The molecule has 0 aliphatic heterocycles. The zero-order valence-electron chi connectivity index (χ0n) is 17.8. The fraction of sp³-hybridized carbons (Fsp3) is 0.174. The van der Waals surface area contributed by atoms with E-state index in [4.69, 9.17) is 14.0 Å². The van der Waals surface area contributed by atoms with Crippen molar-refractivity contribution < 1.29 is 18.8 Å². The third-order valence-electron chi connectivity index (χ3n) is 4.27. The van der Waals surface area contributed by atoms with Gasteiger partial charge in [0.15, 0.2) is 6.61 Å². The SMILES string of the molecule is CCOC(=O)Cc1csc(NN=Cc2cccc(-c3noc(COc4ccccc4)n3)c2)n1. The molecule has 9 nitrogen and oxygen atoms in total. The molecule has 2 aromatic carbocycles. The number of hydrazone groups is 1. The molecule has 10 heteroatoms. The van der Waals surface area contributed by atoms with Gasteiger partial charge in [0, 0.05) is 10.9 Å². The van der Waals surface area contributed by atoms with Gasteiger partial charge < -0.3 is 14.0 Å². The molecule has 0 unspecified atom stereocenters. The van der Waals surface area contributed by atoms with Crippen molar-refractivity contribution in [3.05, 3.63) is 77.1 Å². The number of carbonyl (C=O) groups excluding carboxylic acids is 1. The summed E-state index contributed by atoms with van der Waals surface area (Å²) in [6, 6.07) is 17.0. The maximum Gasteiger partial charge on any atom is 0.311 e. The summed E-state index contributed by atoms with van der Waals surface area (Å²) in [4.78, 5) is 20.3. The summed E-state index contributed by atoms with van der Waals surface area (Å²) in [5.41, 5.74) is 5.15. The Bertz CT molecular complexity index is 1220. The Morgan fingerprint density at radius 1 is 1.18 bits per heavy atom. The highest BCUT2D eigenvalue weighted by Crippen LogP contribution is 2.19. The van der Waals surface area contributed by atoms with Gasteiger partial charge in [0.25, 0.3) is 5.89 Å². The number of carbonyl (C=O) groups is 1. The summed E-state index contributed by atoms with van der Waals surface area (Å²) in [5.74, 6) is 1.28. The summed E-state index contributed by atoms with van der Waals surface area (Å²) in [6.07, 6.45) is 1.80. The summed E-state index contributed by atoms with van der Waals surface area (Å²) in [6.45, 7) is 2.31. The van der Waals surface area contributed by atoms with Gasteiger partial charge in [-0.1, -0.05) is 41.6 Å². The first-order valence-electron chi connectivity index (χ1n) is 10.2. The second-order valence-electron chi connectivity index (χ2n) is 6.73. The van der Waals surface area contributed by atoms with Gasteiger partial charge in [-0.3, -0.25) is 10.2 Å². The molecule has 0 atom stereocenters. The fourth-order valence-electron chi connectivity index (χ4n) is 2.81. The highest BCUT2D eigenvalue weighted by molar-refractivity contribution is 7.13. The number of thiazole rings is 1. The van der Waals surface area contributed by atoms with E-state index in [1.807, 2.05) is 54.6 Å². The first-order valence-corrected chi connectivity index (χ1v) is 11.1. The number of aromatic nitrogens is 3. The van der Waals surface area contributed by atoms with Crippen molar-refractivity contribution in [1.29, 1.82) is 0 Å². The number of para-hydroxylation sites is 1. The first kappa shape index (κ1) is 22.2. The third-order valence-corrected chi connectivity index (χ3v) is 5.07. The van der Waals surface area contributed by atoms with Gasteiger partial charge in [-0.15, -0.1) is 11.3 Å². The van der Waals surface area contributed by atoms with Crippen molar-refractivity contribution in [2.45, 2.75) is 20.0 Å². The lowest BCUT2D eigenvalue weighted by Crippen LogP contribution is -2.07. The van der Waals surface area contributed by atoms with E-state index in [0.29, 0.717) is 29.1 Å². The molecule has 0 radical (unpaired) electrons. The van der Waals surface area contributed by atoms with Crippen LogP contribution >= 0.6 is 11.3 Å². The number of ether oxygens (including phenoxy) is 2. The number of hydrogen-bond donors (Lipinski definition) is 1. The summed E-state index contributed by atoms with van der Waals surface area (Å²) in [5, 5.41) is 10.6. The van der Waals surface area contributed by atoms with E-state index in [9.17, 15) is 4.79 Å². The number of anilines is 1. The maximum atomic E-state index is 11.5. The molecule has 0 aliphatic rings. The van der Waals surface area contributed by atoms with E-state index in [1.165, 1.54) is 11.3 Å². The monoisotopic (exact) mass is 463 g/mol. The van der Waals surface area contributed by atoms with Gasteiger partial charge in [-0.2, -0.15) is 10.1 Å². The van der Waals surface area contributed by atoms with E-state index < -0.39 is 0 Å². The second kappa shape index (κ2) is 11.0. The van der Waals surface area contributed by atoms with Crippen molar-refractivity contribution in [3.8, 4) is 17.1 Å². The van der Waals surface area contributed by atoms with Crippen LogP contribution in [0, 0.1) is 0 Å². The van der Waals surface area contributed by atoms with Crippen LogP contribution in [0.25, 0.3) is 11.4 Å². The lowest BCUT2D eigenvalue weighted by Gasteiger charge is -2.01. The average Bonchev–Trinajstić information content (AvgIpc) is 3.48. The number of rotatable bonds is 10.